The molecule has 0 saturated heterocycles. The van der Waals surface area contributed by atoms with E-state index in [-0.39, 0.29) is 17.9 Å². The van der Waals surface area contributed by atoms with Crippen LogP contribution >= 0.6 is 0 Å². The minimum Gasteiger partial charge on any atom is -0.497 e. The van der Waals surface area contributed by atoms with Crippen molar-refractivity contribution in [2.75, 3.05) is 7.11 Å². The summed E-state index contributed by atoms with van der Waals surface area (Å²) in [4.78, 5) is 16.2. The zero-order valence-electron chi connectivity index (χ0n) is 17.2. The van der Waals surface area contributed by atoms with Crippen molar-refractivity contribution >= 4 is 16.8 Å². The summed E-state index contributed by atoms with van der Waals surface area (Å²) in [7, 11) is 1.67. The van der Waals surface area contributed by atoms with Crippen LogP contribution in [0.25, 0.3) is 10.9 Å². The number of hydrogen-bond donors (Lipinski definition) is 2. The van der Waals surface area contributed by atoms with E-state index in [9.17, 15) is 4.79 Å². The zero-order chi connectivity index (χ0) is 20.1. The third-order valence-electron chi connectivity index (χ3n) is 5.50. The fourth-order valence-electron chi connectivity index (χ4n) is 3.71. The molecule has 4 heteroatoms. The standard InChI is InChI=1S/C24H30N2O2/c1-5-16(3)26-23(27)14-21(18-10-7-11-19(13-18)28-4)22-15-25-24-17(6-2)9-8-12-20(22)24/h7-13,15-16,21,25H,5-6,14H2,1-4H3,(H,26,27)/t16-,21-/m0/s1. The first-order chi connectivity index (χ1) is 13.6. The summed E-state index contributed by atoms with van der Waals surface area (Å²) < 4.78 is 5.42. The second kappa shape index (κ2) is 8.96. The van der Waals surface area contributed by atoms with E-state index in [4.69, 9.17) is 4.74 Å². The lowest BCUT2D eigenvalue weighted by Crippen LogP contribution is -2.33. The van der Waals surface area contributed by atoms with Crippen LogP contribution in [0.2, 0.25) is 0 Å². The number of amides is 1. The fourth-order valence-corrected chi connectivity index (χ4v) is 3.71. The lowest BCUT2D eigenvalue weighted by atomic mass is 9.87. The van der Waals surface area contributed by atoms with Gasteiger partial charge in [-0.3, -0.25) is 4.79 Å². The Bertz CT molecular complexity index is 945. The maximum atomic E-state index is 12.8. The molecule has 0 bridgehead atoms. The first kappa shape index (κ1) is 20.0. The number of ether oxygens (including phenoxy) is 1. The third kappa shape index (κ3) is 4.22. The van der Waals surface area contributed by atoms with Crippen LogP contribution in [0, 0.1) is 0 Å². The van der Waals surface area contributed by atoms with Crippen LogP contribution in [0.4, 0.5) is 0 Å². The molecule has 0 aliphatic heterocycles. The average molecular weight is 379 g/mol. The summed E-state index contributed by atoms with van der Waals surface area (Å²) in [6, 6.07) is 14.6. The number of methoxy groups -OCH3 is 1. The Kier molecular flexibility index (Phi) is 6.40. The van der Waals surface area contributed by atoms with Crippen molar-refractivity contribution in [1.82, 2.24) is 10.3 Å². The molecule has 148 valence electrons. The molecule has 2 aromatic carbocycles. The van der Waals surface area contributed by atoms with E-state index < -0.39 is 0 Å². The van der Waals surface area contributed by atoms with Crippen LogP contribution in [-0.4, -0.2) is 24.0 Å². The Morgan fingerprint density at radius 3 is 2.68 bits per heavy atom. The number of nitrogens with one attached hydrogen (secondary N) is 2. The molecule has 2 atom stereocenters. The molecule has 0 unspecified atom stereocenters. The number of H-pyrrole nitrogens is 1. The maximum Gasteiger partial charge on any atom is 0.221 e. The number of aryl methyl sites for hydroxylation is 1. The van der Waals surface area contributed by atoms with E-state index >= 15 is 0 Å². The van der Waals surface area contributed by atoms with Gasteiger partial charge in [-0.1, -0.05) is 44.2 Å². The number of benzene rings is 2. The zero-order valence-corrected chi connectivity index (χ0v) is 17.2. The summed E-state index contributed by atoms with van der Waals surface area (Å²) in [5.41, 5.74) is 4.69. The number of hydrogen-bond acceptors (Lipinski definition) is 2. The molecule has 3 rings (SSSR count). The van der Waals surface area contributed by atoms with E-state index in [1.165, 1.54) is 10.9 Å². The van der Waals surface area contributed by atoms with Gasteiger partial charge in [0.15, 0.2) is 0 Å². The van der Waals surface area contributed by atoms with E-state index in [1.54, 1.807) is 7.11 Å². The molecule has 0 aliphatic rings. The SMILES string of the molecule is CCc1cccc2c([C@@H](CC(=O)N[C@@H](C)CC)c3cccc(OC)c3)c[nH]c12. The van der Waals surface area contributed by atoms with Gasteiger partial charge in [0.2, 0.25) is 5.91 Å². The Balaban J connectivity index is 2.04. The predicted octanol–water partition coefficient (Wildman–Crippen LogP) is 5.18. The Hall–Kier alpha value is -2.75. The van der Waals surface area contributed by atoms with Crippen LogP contribution in [0.3, 0.4) is 0 Å². The summed E-state index contributed by atoms with van der Waals surface area (Å²) in [5.74, 6) is 0.835. The van der Waals surface area contributed by atoms with Crippen LogP contribution in [-0.2, 0) is 11.2 Å². The van der Waals surface area contributed by atoms with Gasteiger partial charge in [-0.05, 0) is 48.6 Å². The largest absolute Gasteiger partial charge is 0.497 e. The summed E-state index contributed by atoms with van der Waals surface area (Å²) in [6.07, 6.45) is 4.35. The van der Waals surface area contributed by atoms with Crippen molar-refractivity contribution < 1.29 is 9.53 Å². The lowest BCUT2D eigenvalue weighted by Gasteiger charge is -2.19. The number of rotatable bonds is 8. The predicted molar refractivity (Wildman–Crippen MR) is 115 cm³/mol. The minimum absolute atomic E-state index is 0.0417. The maximum absolute atomic E-state index is 12.8. The molecular weight excluding hydrogens is 348 g/mol. The Morgan fingerprint density at radius 1 is 1.18 bits per heavy atom. The Morgan fingerprint density at radius 2 is 1.96 bits per heavy atom. The van der Waals surface area contributed by atoms with Crippen molar-refractivity contribution in [3.05, 3.63) is 65.4 Å². The first-order valence-electron chi connectivity index (χ1n) is 10.1. The number of aromatic amines is 1. The summed E-state index contributed by atoms with van der Waals surface area (Å²) in [6.45, 7) is 6.28. The van der Waals surface area contributed by atoms with Gasteiger partial charge in [0.1, 0.15) is 5.75 Å². The van der Waals surface area contributed by atoms with Crippen molar-refractivity contribution in [2.24, 2.45) is 0 Å². The van der Waals surface area contributed by atoms with Crippen molar-refractivity contribution in [3.8, 4) is 5.75 Å². The molecular formula is C24H30N2O2. The van der Waals surface area contributed by atoms with Crippen molar-refractivity contribution in [1.29, 1.82) is 0 Å². The smallest absolute Gasteiger partial charge is 0.221 e. The molecule has 2 N–H and O–H groups in total. The van der Waals surface area contributed by atoms with E-state index in [1.807, 2.05) is 25.1 Å². The van der Waals surface area contributed by atoms with Gasteiger partial charge in [-0.25, -0.2) is 0 Å². The van der Waals surface area contributed by atoms with Gasteiger partial charge in [0, 0.05) is 35.5 Å². The highest BCUT2D eigenvalue weighted by Crippen LogP contribution is 2.35. The van der Waals surface area contributed by atoms with E-state index in [0.717, 1.165) is 35.2 Å². The second-order valence-electron chi connectivity index (χ2n) is 7.35. The quantitative estimate of drug-likeness (QED) is 0.568. The van der Waals surface area contributed by atoms with Gasteiger partial charge >= 0.3 is 0 Å². The fraction of sp³-hybridized carbons (Fsp3) is 0.375. The van der Waals surface area contributed by atoms with Crippen LogP contribution in [0.15, 0.2) is 48.7 Å². The first-order valence-corrected chi connectivity index (χ1v) is 10.1. The topological polar surface area (TPSA) is 54.1 Å². The van der Waals surface area contributed by atoms with Gasteiger partial charge in [-0.2, -0.15) is 0 Å². The van der Waals surface area contributed by atoms with Crippen LogP contribution < -0.4 is 10.1 Å². The number of fused-ring (bicyclic) bond motifs is 1. The van der Waals surface area contributed by atoms with Gasteiger partial charge in [0.25, 0.3) is 0 Å². The normalized spacial score (nSPS) is 13.3. The highest BCUT2D eigenvalue weighted by Gasteiger charge is 2.23. The minimum atomic E-state index is -0.0417. The number of aromatic nitrogens is 1. The van der Waals surface area contributed by atoms with Crippen molar-refractivity contribution in [3.63, 3.8) is 0 Å². The number of carbonyl (C=O) groups excluding carboxylic acids is 1. The van der Waals surface area contributed by atoms with E-state index in [2.05, 4.69) is 54.6 Å². The van der Waals surface area contributed by atoms with Crippen LogP contribution in [0.1, 0.15) is 56.2 Å². The molecule has 4 nitrogen and oxygen atoms in total. The molecule has 1 amide bonds. The molecule has 0 fully saturated rings. The molecule has 0 spiro atoms. The van der Waals surface area contributed by atoms with Crippen LogP contribution in [0.5, 0.6) is 5.75 Å². The summed E-state index contributed by atoms with van der Waals surface area (Å²) >= 11 is 0. The molecule has 3 aromatic rings. The molecule has 1 aromatic heterocycles. The monoisotopic (exact) mass is 378 g/mol. The Labute approximate surface area is 167 Å². The molecule has 28 heavy (non-hydrogen) atoms. The summed E-state index contributed by atoms with van der Waals surface area (Å²) in [5, 5.41) is 4.29. The molecule has 0 aliphatic carbocycles. The van der Waals surface area contributed by atoms with Gasteiger partial charge in [-0.15, -0.1) is 0 Å². The average Bonchev–Trinajstić information content (AvgIpc) is 3.15. The third-order valence-corrected chi connectivity index (χ3v) is 5.50. The van der Waals surface area contributed by atoms with Gasteiger partial charge < -0.3 is 15.0 Å². The number of carbonyl (C=O) groups is 1. The van der Waals surface area contributed by atoms with Gasteiger partial charge in [0.05, 0.1) is 7.11 Å². The van der Waals surface area contributed by atoms with Crippen molar-refractivity contribution in [2.45, 2.75) is 52.0 Å². The highest BCUT2D eigenvalue weighted by molar-refractivity contribution is 5.88. The van der Waals surface area contributed by atoms with E-state index in [0.29, 0.717) is 6.42 Å². The molecule has 0 radical (unpaired) electrons. The second-order valence-corrected chi connectivity index (χ2v) is 7.35. The number of para-hydroxylation sites is 1. The molecule has 1 heterocycles. The highest BCUT2D eigenvalue weighted by atomic mass is 16.5. The molecule has 0 saturated carbocycles. The lowest BCUT2D eigenvalue weighted by molar-refractivity contribution is -0.121.